The van der Waals surface area contributed by atoms with Crippen molar-refractivity contribution in [3.05, 3.63) is 61.1 Å². The number of rotatable bonds is 7. The second kappa shape index (κ2) is 10.1. The molecule has 0 unspecified atom stereocenters. The average Bonchev–Trinajstić information content (AvgIpc) is 3.32. The minimum atomic E-state index is -0.396. The fourth-order valence-corrected chi connectivity index (χ4v) is 2.96. The lowest BCUT2D eigenvalue weighted by Crippen LogP contribution is -1.99. The average molecular weight is 423 g/mol. The highest BCUT2D eigenvalue weighted by Crippen LogP contribution is 2.28. The van der Waals surface area contributed by atoms with Crippen molar-refractivity contribution in [3.8, 4) is 5.75 Å². The molecular weight excluding hydrogens is 401 g/mol. The van der Waals surface area contributed by atoms with E-state index in [1.165, 1.54) is 6.26 Å². The molecule has 0 spiro atoms. The molecule has 4 rings (SSSR count). The van der Waals surface area contributed by atoms with E-state index in [1.807, 2.05) is 48.1 Å². The van der Waals surface area contributed by atoms with Gasteiger partial charge in [0.15, 0.2) is 0 Å². The first kappa shape index (κ1) is 21.6. The summed E-state index contributed by atoms with van der Waals surface area (Å²) in [5.74, 6) is 1.35. The molecule has 0 bridgehead atoms. The lowest BCUT2D eigenvalue weighted by atomic mass is 10.3. The van der Waals surface area contributed by atoms with Gasteiger partial charge < -0.3 is 24.7 Å². The van der Waals surface area contributed by atoms with Crippen LogP contribution in [0.5, 0.6) is 5.75 Å². The Balaban J connectivity index is 0.000000858. The normalized spacial score (nSPS) is 10.8. The Morgan fingerprint density at radius 1 is 1.32 bits per heavy atom. The second-order valence-electron chi connectivity index (χ2n) is 6.38. The Kier molecular flexibility index (Phi) is 7.00. The number of aryl methyl sites for hydroxylation is 1. The number of anilines is 2. The lowest BCUT2D eigenvalue weighted by molar-refractivity contribution is -0.122. The number of imidazole rings is 1. The fourth-order valence-electron chi connectivity index (χ4n) is 2.96. The van der Waals surface area contributed by atoms with Gasteiger partial charge in [-0.1, -0.05) is 6.58 Å². The molecule has 0 saturated carbocycles. The number of carbonyl (C=O) groups is 1. The molecule has 0 aliphatic rings. The minimum absolute atomic E-state index is 0.250. The number of pyridine rings is 1. The number of hydrogen-bond acceptors (Lipinski definition) is 5. The summed E-state index contributed by atoms with van der Waals surface area (Å²) in [6.45, 7) is 3.13. The van der Waals surface area contributed by atoms with Crippen LogP contribution in [0.2, 0.25) is 0 Å². The van der Waals surface area contributed by atoms with Crippen LogP contribution in [-0.2, 0) is 11.8 Å². The molecule has 0 saturated heterocycles. The van der Waals surface area contributed by atoms with E-state index in [2.05, 4.69) is 26.8 Å². The van der Waals surface area contributed by atoms with Gasteiger partial charge in [-0.05, 0) is 42.8 Å². The van der Waals surface area contributed by atoms with Crippen molar-refractivity contribution in [1.29, 1.82) is 0 Å². The van der Waals surface area contributed by atoms with E-state index < -0.39 is 6.67 Å². The highest BCUT2D eigenvalue weighted by molar-refractivity contribution is 5.91. The zero-order chi connectivity index (χ0) is 22.2. The third-order valence-electron chi connectivity index (χ3n) is 4.43. The van der Waals surface area contributed by atoms with E-state index in [-0.39, 0.29) is 6.47 Å². The maximum Gasteiger partial charge on any atom is 0.290 e. The van der Waals surface area contributed by atoms with Gasteiger partial charge in [0.25, 0.3) is 6.47 Å². The fraction of sp³-hybridized carbons (Fsp3) is 0.136. The van der Waals surface area contributed by atoms with Crippen LogP contribution in [0.3, 0.4) is 0 Å². The number of nitrogens with one attached hydrogen (secondary N) is 2. The molecule has 3 aromatic heterocycles. The van der Waals surface area contributed by atoms with E-state index in [4.69, 9.17) is 14.6 Å². The lowest BCUT2D eigenvalue weighted by Gasteiger charge is -2.05. The van der Waals surface area contributed by atoms with Crippen LogP contribution in [0, 0.1) is 0 Å². The Hall–Kier alpha value is -4.14. The summed E-state index contributed by atoms with van der Waals surface area (Å²) in [4.78, 5) is 20.8. The van der Waals surface area contributed by atoms with Crippen LogP contribution in [0.25, 0.3) is 28.1 Å². The molecule has 160 valence electrons. The highest BCUT2D eigenvalue weighted by Gasteiger charge is 2.12. The number of H-pyrrole nitrogens is 1. The van der Waals surface area contributed by atoms with Crippen LogP contribution < -0.4 is 10.1 Å². The van der Waals surface area contributed by atoms with Crippen molar-refractivity contribution in [2.75, 3.05) is 12.0 Å². The first-order valence-electron chi connectivity index (χ1n) is 9.40. The molecule has 0 aliphatic carbocycles. The molecule has 0 radical (unpaired) electrons. The van der Waals surface area contributed by atoms with Crippen molar-refractivity contribution in [2.45, 2.75) is 6.42 Å². The van der Waals surface area contributed by atoms with E-state index in [0.29, 0.717) is 18.1 Å². The number of nitrogens with zero attached hydrogens (tertiary/aromatic N) is 3. The topological polar surface area (TPSA) is 105 Å². The van der Waals surface area contributed by atoms with Gasteiger partial charge in [0.2, 0.25) is 5.95 Å². The number of benzene rings is 1. The summed E-state index contributed by atoms with van der Waals surface area (Å²) in [6, 6.07) is 9.51. The van der Waals surface area contributed by atoms with Crippen LogP contribution in [-0.4, -0.2) is 37.8 Å². The van der Waals surface area contributed by atoms with Gasteiger partial charge in [0, 0.05) is 19.3 Å². The van der Waals surface area contributed by atoms with Crippen molar-refractivity contribution in [2.24, 2.45) is 7.05 Å². The molecule has 31 heavy (non-hydrogen) atoms. The number of fused-ring (bicyclic) bond motifs is 2. The number of aromatic amines is 1. The molecule has 0 aliphatic heterocycles. The monoisotopic (exact) mass is 423 g/mol. The van der Waals surface area contributed by atoms with Gasteiger partial charge in [-0.15, -0.1) is 0 Å². The summed E-state index contributed by atoms with van der Waals surface area (Å²) < 4.78 is 19.6. The smallest absolute Gasteiger partial charge is 0.290 e. The Morgan fingerprint density at radius 2 is 2.13 bits per heavy atom. The summed E-state index contributed by atoms with van der Waals surface area (Å²) in [5.41, 5.74) is 5.16. The van der Waals surface area contributed by atoms with E-state index in [0.717, 1.165) is 33.4 Å². The molecule has 8 nitrogen and oxygen atoms in total. The molecule has 1 aromatic carbocycles. The Labute approximate surface area is 177 Å². The summed E-state index contributed by atoms with van der Waals surface area (Å²) in [5, 5.41) is 10.2. The molecule has 3 heterocycles. The predicted octanol–water partition coefficient (Wildman–Crippen LogP) is 4.79. The van der Waals surface area contributed by atoms with Gasteiger partial charge in [0.05, 0.1) is 40.9 Å². The van der Waals surface area contributed by atoms with Gasteiger partial charge in [-0.25, -0.2) is 9.97 Å². The first-order chi connectivity index (χ1) is 15.1. The number of hydrogen-bond donors (Lipinski definition) is 3. The molecule has 0 atom stereocenters. The summed E-state index contributed by atoms with van der Waals surface area (Å²) in [6.07, 6.45) is 7.09. The van der Waals surface area contributed by atoms with Crippen LogP contribution >= 0.6 is 0 Å². The van der Waals surface area contributed by atoms with Crippen LogP contribution in [0.4, 0.5) is 16.0 Å². The zero-order valence-corrected chi connectivity index (χ0v) is 16.9. The number of ether oxygens (including phenoxy) is 1. The number of halogens is 1. The Bertz CT molecular complexity index is 1230. The Morgan fingerprint density at radius 3 is 2.87 bits per heavy atom. The highest BCUT2D eigenvalue weighted by atomic mass is 19.1. The predicted molar refractivity (Wildman–Crippen MR) is 119 cm³/mol. The van der Waals surface area contributed by atoms with E-state index in [1.54, 1.807) is 12.2 Å². The van der Waals surface area contributed by atoms with Gasteiger partial charge in [-0.3, -0.25) is 9.18 Å². The van der Waals surface area contributed by atoms with E-state index in [9.17, 15) is 4.39 Å². The van der Waals surface area contributed by atoms with Crippen molar-refractivity contribution in [1.82, 2.24) is 19.5 Å². The maximum atomic E-state index is 12.1. The quantitative estimate of drug-likeness (QED) is 0.292. The third-order valence-corrected chi connectivity index (χ3v) is 4.43. The number of carboxylic acid groups (broad SMARTS) is 1. The second-order valence-corrected chi connectivity index (χ2v) is 6.38. The maximum absolute atomic E-state index is 12.1. The largest absolute Gasteiger partial charge is 0.483 e. The molecular formula is C22H22FN5O3. The van der Waals surface area contributed by atoms with E-state index >= 15 is 0 Å². The zero-order valence-electron chi connectivity index (χ0n) is 16.9. The van der Waals surface area contributed by atoms with Gasteiger partial charge >= 0.3 is 0 Å². The number of aromatic nitrogens is 4. The van der Waals surface area contributed by atoms with Crippen molar-refractivity contribution < 1.29 is 19.0 Å². The first-order valence-corrected chi connectivity index (χ1v) is 9.40. The SMILES string of the molecule is C=Cc1ccc2[nH]cc(Nc3nc4ccc(OC=CCCF)cc4n3C)c2n1.O=CO. The van der Waals surface area contributed by atoms with Crippen LogP contribution in [0.1, 0.15) is 12.1 Å². The summed E-state index contributed by atoms with van der Waals surface area (Å²) in [7, 11) is 1.93. The van der Waals surface area contributed by atoms with Gasteiger partial charge in [0.1, 0.15) is 11.3 Å². The summed E-state index contributed by atoms with van der Waals surface area (Å²) >= 11 is 0. The standard InChI is InChI=1S/C21H20FN5O.CH2O2/c1-3-14-6-8-17-20(24-14)18(13-23-17)26-21-25-16-9-7-15(12-19(16)27(21)2)28-11-5-4-10-22;2-1-3/h3,5-9,11-13,23H,1,4,10H2,2H3,(H,25,26);1H,(H,2,3). The third kappa shape index (κ3) is 4.89. The molecule has 4 aromatic rings. The molecule has 3 N–H and O–H groups in total. The van der Waals surface area contributed by atoms with Gasteiger partial charge in [-0.2, -0.15) is 0 Å². The molecule has 0 amide bonds. The number of allylic oxidation sites excluding steroid dienone is 1. The van der Waals surface area contributed by atoms with Crippen molar-refractivity contribution >= 4 is 46.3 Å². The number of alkyl halides is 1. The minimum Gasteiger partial charge on any atom is -0.483 e. The molecule has 0 fully saturated rings. The van der Waals surface area contributed by atoms with Crippen molar-refractivity contribution in [3.63, 3.8) is 0 Å². The molecule has 9 heteroatoms. The van der Waals surface area contributed by atoms with Crippen LogP contribution in [0.15, 0.2) is 55.4 Å².